The molecular weight excluding hydrogens is 227 g/mol. The predicted octanol–water partition coefficient (Wildman–Crippen LogP) is 1.29. The van der Waals surface area contributed by atoms with Gasteiger partial charge in [0.2, 0.25) is 0 Å². The van der Waals surface area contributed by atoms with Crippen LogP contribution in [0.1, 0.15) is 0 Å². The number of urea groups is 1. The van der Waals surface area contributed by atoms with E-state index in [2.05, 4.69) is 5.32 Å². The third-order valence-corrected chi connectivity index (χ3v) is 2.19. The molecule has 1 rings (SSSR count). The number of likely N-dealkylation sites (N-methyl/N-ethyl adjacent to an activating group) is 1. The fraction of sp³-hybridized carbons (Fsp3) is 0.364. The number of rotatable bonds is 4. The zero-order valence-corrected chi connectivity index (χ0v) is 9.74. The van der Waals surface area contributed by atoms with E-state index in [0.29, 0.717) is 5.69 Å². The molecule has 0 spiro atoms. The molecule has 0 radical (unpaired) electrons. The average molecular weight is 242 g/mol. The maximum absolute atomic E-state index is 12.9. The molecule has 0 aromatic heterocycles. The third-order valence-electron chi connectivity index (χ3n) is 2.19. The van der Waals surface area contributed by atoms with E-state index in [0.717, 1.165) is 0 Å². The van der Waals surface area contributed by atoms with Crippen LogP contribution >= 0.6 is 0 Å². The SMILES string of the molecule is COc1cc(F)ccc1NC(=O)N(C)CCO. The molecule has 6 heteroatoms. The van der Waals surface area contributed by atoms with Crippen LogP contribution in [0.5, 0.6) is 5.75 Å². The van der Waals surface area contributed by atoms with Crippen molar-refractivity contribution in [1.82, 2.24) is 4.90 Å². The van der Waals surface area contributed by atoms with Crippen LogP contribution in [0.15, 0.2) is 18.2 Å². The van der Waals surface area contributed by atoms with Gasteiger partial charge in [-0.25, -0.2) is 9.18 Å². The molecule has 1 aromatic carbocycles. The summed E-state index contributed by atoms with van der Waals surface area (Å²) in [5.41, 5.74) is 0.378. The molecule has 0 heterocycles. The van der Waals surface area contributed by atoms with Crippen LogP contribution in [0, 0.1) is 5.82 Å². The summed E-state index contributed by atoms with van der Waals surface area (Å²) >= 11 is 0. The number of amides is 2. The number of hydrogen-bond donors (Lipinski definition) is 2. The van der Waals surface area contributed by atoms with Gasteiger partial charge < -0.3 is 20.1 Å². The van der Waals surface area contributed by atoms with Gasteiger partial charge in [0.25, 0.3) is 0 Å². The Hall–Kier alpha value is -1.82. The van der Waals surface area contributed by atoms with Crippen molar-refractivity contribution in [2.75, 3.05) is 32.6 Å². The molecule has 0 aliphatic carbocycles. The molecule has 0 atom stereocenters. The average Bonchev–Trinajstić information content (AvgIpc) is 2.31. The number of nitrogens with zero attached hydrogens (tertiary/aromatic N) is 1. The third kappa shape index (κ3) is 3.60. The van der Waals surface area contributed by atoms with Gasteiger partial charge in [-0.15, -0.1) is 0 Å². The highest BCUT2D eigenvalue weighted by atomic mass is 19.1. The standard InChI is InChI=1S/C11H15FN2O3/c1-14(5-6-15)11(16)13-9-4-3-8(12)7-10(9)17-2/h3-4,7,15H,5-6H2,1-2H3,(H,13,16). The molecule has 2 amide bonds. The summed E-state index contributed by atoms with van der Waals surface area (Å²) in [5.74, 6) is -0.195. The van der Waals surface area contributed by atoms with Gasteiger partial charge >= 0.3 is 6.03 Å². The lowest BCUT2D eigenvalue weighted by Crippen LogP contribution is -2.33. The zero-order valence-electron chi connectivity index (χ0n) is 9.74. The van der Waals surface area contributed by atoms with Crippen LogP contribution < -0.4 is 10.1 Å². The monoisotopic (exact) mass is 242 g/mol. The lowest BCUT2D eigenvalue weighted by molar-refractivity contribution is 0.202. The number of aliphatic hydroxyl groups is 1. The second-order valence-electron chi connectivity index (χ2n) is 3.42. The van der Waals surface area contributed by atoms with E-state index in [1.54, 1.807) is 7.05 Å². The highest BCUT2D eigenvalue weighted by molar-refractivity contribution is 5.90. The first-order valence-corrected chi connectivity index (χ1v) is 5.05. The topological polar surface area (TPSA) is 61.8 Å². The number of methoxy groups -OCH3 is 1. The molecule has 0 aliphatic rings. The summed E-state index contributed by atoms with van der Waals surface area (Å²) in [5, 5.41) is 11.3. The van der Waals surface area contributed by atoms with E-state index >= 15 is 0 Å². The maximum atomic E-state index is 12.9. The van der Waals surface area contributed by atoms with Crippen molar-refractivity contribution in [2.24, 2.45) is 0 Å². The quantitative estimate of drug-likeness (QED) is 0.836. The Morgan fingerprint density at radius 1 is 1.59 bits per heavy atom. The number of aliphatic hydroxyl groups excluding tert-OH is 1. The van der Waals surface area contributed by atoms with Gasteiger partial charge in [0, 0.05) is 19.7 Å². The van der Waals surface area contributed by atoms with Gasteiger partial charge in [0.1, 0.15) is 11.6 Å². The lowest BCUT2D eigenvalue weighted by atomic mass is 10.3. The van der Waals surface area contributed by atoms with Crippen molar-refractivity contribution in [2.45, 2.75) is 0 Å². The van der Waals surface area contributed by atoms with E-state index < -0.39 is 11.8 Å². The van der Waals surface area contributed by atoms with Gasteiger partial charge in [0.05, 0.1) is 19.4 Å². The fourth-order valence-electron chi connectivity index (χ4n) is 1.23. The Kier molecular flexibility index (Phi) is 4.71. The summed E-state index contributed by atoms with van der Waals surface area (Å²) in [7, 11) is 2.93. The van der Waals surface area contributed by atoms with E-state index in [1.165, 1.54) is 30.2 Å². The van der Waals surface area contributed by atoms with Gasteiger partial charge in [0.15, 0.2) is 0 Å². The molecular formula is C11H15FN2O3. The molecule has 0 saturated carbocycles. The number of benzene rings is 1. The zero-order chi connectivity index (χ0) is 12.8. The maximum Gasteiger partial charge on any atom is 0.321 e. The molecule has 5 nitrogen and oxygen atoms in total. The second kappa shape index (κ2) is 6.05. The Labute approximate surface area is 98.8 Å². The minimum Gasteiger partial charge on any atom is -0.494 e. The van der Waals surface area contributed by atoms with Crippen molar-refractivity contribution >= 4 is 11.7 Å². The molecule has 0 fully saturated rings. The first-order valence-electron chi connectivity index (χ1n) is 5.05. The first kappa shape index (κ1) is 13.2. The van der Waals surface area contributed by atoms with Crippen molar-refractivity contribution in [3.8, 4) is 5.75 Å². The van der Waals surface area contributed by atoms with E-state index in [-0.39, 0.29) is 18.9 Å². The highest BCUT2D eigenvalue weighted by Crippen LogP contribution is 2.24. The minimum atomic E-state index is -0.441. The van der Waals surface area contributed by atoms with Gasteiger partial charge in [-0.2, -0.15) is 0 Å². The number of carbonyl (C=O) groups excluding carboxylic acids is 1. The summed E-state index contributed by atoms with van der Waals surface area (Å²) in [6.45, 7) is 0.0970. The van der Waals surface area contributed by atoms with Crippen LogP contribution in [0.3, 0.4) is 0 Å². The molecule has 0 unspecified atom stereocenters. The summed E-state index contributed by atoms with van der Waals surface area (Å²) < 4.78 is 17.9. The predicted molar refractivity (Wildman–Crippen MR) is 61.7 cm³/mol. The summed E-state index contributed by atoms with van der Waals surface area (Å²) in [4.78, 5) is 12.9. The number of halogens is 1. The fourth-order valence-corrected chi connectivity index (χ4v) is 1.23. The highest BCUT2D eigenvalue weighted by Gasteiger charge is 2.11. The van der Waals surface area contributed by atoms with Gasteiger partial charge in [-0.05, 0) is 12.1 Å². The van der Waals surface area contributed by atoms with Crippen LogP contribution in [0.4, 0.5) is 14.9 Å². The number of nitrogens with one attached hydrogen (secondary N) is 1. The number of anilines is 1. The van der Waals surface area contributed by atoms with E-state index in [1.807, 2.05) is 0 Å². The Balaban J connectivity index is 2.77. The van der Waals surface area contributed by atoms with Gasteiger partial charge in [-0.3, -0.25) is 0 Å². The summed E-state index contributed by atoms with van der Waals surface area (Å²) in [6, 6.07) is 3.42. The Morgan fingerprint density at radius 3 is 2.88 bits per heavy atom. The van der Waals surface area contributed by atoms with Crippen molar-refractivity contribution in [3.63, 3.8) is 0 Å². The smallest absolute Gasteiger partial charge is 0.321 e. The number of carbonyl (C=O) groups is 1. The second-order valence-corrected chi connectivity index (χ2v) is 3.42. The van der Waals surface area contributed by atoms with Gasteiger partial charge in [-0.1, -0.05) is 0 Å². The number of hydrogen-bond acceptors (Lipinski definition) is 3. The van der Waals surface area contributed by atoms with Crippen molar-refractivity contribution < 1.29 is 19.0 Å². The summed E-state index contributed by atoms with van der Waals surface area (Å²) in [6.07, 6.45) is 0. The molecule has 94 valence electrons. The van der Waals surface area contributed by atoms with Crippen molar-refractivity contribution in [3.05, 3.63) is 24.0 Å². The molecule has 17 heavy (non-hydrogen) atoms. The molecule has 0 aliphatic heterocycles. The van der Waals surface area contributed by atoms with E-state index in [9.17, 15) is 9.18 Å². The molecule has 0 bridgehead atoms. The van der Waals surface area contributed by atoms with Crippen LogP contribution in [-0.4, -0.2) is 43.3 Å². The van der Waals surface area contributed by atoms with Crippen LogP contribution in [0.2, 0.25) is 0 Å². The van der Waals surface area contributed by atoms with Crippen LogP contribution in [0.25, 0.3) is 0 Å². The molecule has 1 aromatic rings. The Morgan fingerprint density at radius 2 is 2.29 bits per heavy atom. The van der Waals surface area contributed by atoms with Crippen LogP contribution in [-0.2, 0) is 0 Å². The van der Waals surface area contributed by atoms with Crippen molar-refractivity contribution in [1.29, 1.82) is 0 Å². The normalized spacial score (nSPS) is 9.88. The lowest BCUT2D eigenvalue weighted by Gasteiger charge is -2.17. The first-order chi connectivity index (χ1) is 8.08. The molecule has 2 N–H and O–H groups in total. The minimum absolute atomic E-state index is 0.121. The Bertz CT molecular complexity index is 398. The largest absolute Gasteiger partial charge is 0.494 e. The molecule has 0 saturated heterocycles. The number of ether oxygens (including phenoxy) is 1. The van der Waals surface area contributed by atoms with E-state index in [4.69, 9.17) is 9.84 Å².